The molecule has 0 fully saturated rings. The van der Waals surface area contributed by atoms with E-state index in [4.69, 9.17) is 5.41 Å². The van der Waals surface area contributed by atoms with Gasteiger partial charge in [-0.3, -0.25) is 5.41 Å². The van der Waals surface area contributed by atoms with Gasteiger partial charge in [0.2, 0.25) is 0 Å². The quantitative estimate of drug-likeness (QED) is 0.436. The molecule has 0 aromatic carbocycles. The van der Waals surface area contributed by atoms with E-state index in [0.717, 1.165) is 12.8 Å². The lowest BCUT2D eigenvalue weighted by Crippen LogP contribution is -2.29. The van der Waals surface area contributed by atoms with Crippen LogP contribution in [0.5, 0.6) is 0 Å². The van der Waals surface area contributed by atoms with Crippen molar-refractivity contribution in [1.82, 2.24) is 0 Å². The average molecular weight is 131 g/mol. The van der Waals surface area contributed by atoms with E-state index in [0.29, 0.717) is 0 Å². The number of nitrogens with two attached hydrogens (primary N) is 1. The van der Waals surface area contributed by atoms with Gasteiger partial charge >= 0.3 is 0 Å². The van der Waals surface area contributed by atoms with Crippen LogP contribution in [-0.4, -0.2) is 12.5 Å². The number of rotatable bonds is 4. The first-order chi connectivity index (χ1) is 3.81. The maximum atomic E-state index is 5.18. The Morgan fingerprint density at radius 2 is 2.38 bits per heavy atom. The normalized spacial score (nSPS) is 8.75. The van der Waals surface area contributed by atoms with Crippen molar-refractivity contribution < 1.29 is 5.41 Å². The van der Waals surface area contributed by atoms with Crippen molar-refractivity contribution in [3.8, 4) is 0 Å². The lowest BCUT2D eigenvalue weighted by Gasteiger charge is -1.87. The van der Waals surface area contributed by atoms with Crippen molar-refractivity contribution in [2.45, 2.75) is 19.8 Å². The molecule has 2 heteroatoms. The Bertz CT molecular complexity index is 63.5. The molecule has 46 valence electrons. The van der Waals surface area contributed by atoms with E-state index >= 15 is 0 Å². The molecule has 8 heavy (non-hydrogen) atoms. The number of thioether (sulfide) groups is 1. The van der Waals surface area contributed by atoms with Crippen molar-refractivity contribution in [1.29, 1.82) is 0 Å². The molecule has 0 aliphatic carbocycles. The van der Waals surface area contributed by atoms with Gasteiger partial charge in [0, 0.05) is 6.26 Å². The van der Waals surface area contributed by atoms with Crippen molar-refractivity contribution in [3.05, 3.63) is 5.25 Å². The zero-order chi connectivity index (χ0) is 6.41. The molecule has 0 bridgehead atoms. The van der Waals surface area contributed by atoms with Crippen molar-refractivity contribution in [3.63, 3.8) is 0 Å². The Balaban J connectivity index is 2.97. The molecule has 0 aliphatic heterocycles. The fourth-order valence-corrected chi connectivity index (χ4v) is 0.711. The lowest BCUT2D eigenvalue weighted by atomic mass is 10.3. The summed E-state index contributed by atoms with van der Waals surface area (Å²) < 4.78 is 0. The molecule has 0 aromatic heterocycles. The van der Waals surface area contributed by atoms with Crippen LogP contribution in [0.2, 0.25) is 0 Å². The van der Waals surface area contributed by atoms with Gasteiger partial charge in [0.25, 0.3) is 0 Å². The Morgan fingerprint density at radius 1 is 1.75 bits per heavy atom. The third-order valence-electron chi connectivity index (χ3n) is 1.01. The summed E-state index contributed by atoms with van der Waals surface area (Å²) in [6, 6.07) is 0. The molecular formula is C6H13NS+2. The Kier molecular flexibility index (Phi) is 4.97. The van der Waals surface area contributed by atoms with Crippen LogP contribution in [0.1, 0.15) is 19.8 Å². The minimum Gasteiger partial charge on any atom is -0.264 e. The second-order valence-electron chi connectivity index (χ2n) is 1.68. The van der Waals surface area contributed by atoms with Crippen LogP contribution in [0, 0.1) is 5.25 Å². The molecule has 0 aromatic rings. The lowest BCUT2D eigenvalue weighted by molar-refractivity contribution is -0.107. The first-order valence-electron chi connectivity index (χ1n) is 2.71. The molecule has 0 spiro atoms. The van der Waals surface area contributed by atoms with E-state index in [1.807, 2.05) is 0 Å². The summed E-state index contributed by atoms with van der Waals surface area (Å²) in [6.07, 6.45) is 5.93. The molecule has 0 saturated heterocycles. The standard InChI is InChI=1S/C6H12NS/c1-6(8-2)4-3-5-7/h5,7H,3-4H2,1-2H3/q+1/p+1. The Morgan fingerprint density at radius 3 is 2.75 bits per heavy atom. The number of hydrogen-bond acceptors (Lipinski definition) is 1. The van der Waals surface area contributed by atoms with E-state index in [-0.39, 0.29) is 0 Å². The van der Waals surface area contributed by atoms with Gasteiger partial charge in [0.05, 0.1) is 25.1 Å². The predicted octanol–water partition coefficient (Wildman–Crippen LogP) is 0.511. The summed E-state index contributed by atoms with van der Waals surface area (Å²) in [4.78, 5) is 0. The van der Waals surface area contributed by atoms with E-state index in [9.17, 15) is 0 Å². The van der Waals surface area contributed by atoms with Gasteiger partial charge in [-0.2, -0.15) is 0 Å². The van der Waals surface area contributed by atoms with E-state index in [1.165, 1.54) is 5.25 Å². The first-order valence-corrected chi connectivity index (χ1v) is 3.93. The SMILES string of the molecule is CS[C+](C)CCC=[NH2+]. The van der Waals surface area contributed by atoms with Gasteiger partial charge in [-0.15, -0.1) is 0 Å². The van der Waals surface area contributed by atoms with Gasteiger partial charge in [-0.1, -0.05) is 0 Å². The van der Waals surface area contributed by atoms with Crippen LogP contribution in [0.25, 0.3) is 0 Å². The summed E-state index contributed by atoms with van der Waals surface area (Å²) in [5.74, 6) is 0. The van der Waals surface area contributed by atoms with Gasteiger partial charge in [-0.05, 0) is 0 Å². The fraction of sp³-hybridized carbons (Fsp3) is 0.667. The molecule has 0 heterocycles. The zero-order valence-corrected chi connectivity index (χ0v) is 6.29. The summed E-state index contributed by atoms with van der Waals surface area (Å²) >= 11 is 1.81. The summed E-state index contributed by atoms with van der Waals surface area (Å²) in [5, 5.41) is 6.63. The Labute approximate surface area is 55.4 Å². The molecule has 0 amide bonds. The third-order valence-corrected chi connectivity index (χ3v) is 1.91. The monoisotopic (exact) mass is 131 g/mol. The van der Waals surface area contributed by atoms with Crippen LogP contribution < -0.4 is 5.41 Å². The maximum Gasteiger partial charge on any atom is 0.154 e. The summed E-state index contributed by atoms with van der Waals surface area (Å²) in [7, 11) is 0. The molecule has 0 atom stereocenters. The van der Waals surface area contributed by atoms with Crippen LogP contribution in [0.4, 0.5) is 0 Å². The summed E-state index contributed by atoms with van der Waals surface area (Å²) in [6.45, 7) is 2.13. The molecule has 0 unspecified atom stereocenters. The minimum absolute atomic E-state index is 1.01. The fourth-order valence-electron chi connectivity index (χ4n) is 0.389. The van der Waals surface area contributed by atoms with Gasteiger partial charge in [0.1, 0.15) is 12.6 Å². The smallest absolute Gasteiger partial charge is 0.154 e. The topological polar surface area (TPSA) is 25.6 Å². The summed E-state index contributed by atoms with van der Waals surface area (Å²) in [5.41, 5.74) is 0. The van der Waals surface area contributed by atoms with Gasteiger partial charge < -0.3 is 0 Å². The van der Waals surface area contributed by atoms with E-state index in [1.54, 1.807) is 18.0 Å². The highest BCUT2D eigenvalue weighted by atomic mass is 32.2. The van der Waals surface area contributed by atoms with E-state index in [2.05, 4.69) is 13.2 Å². The first kappa shape index (κ1) is 7.89. The number of hydrogen-bond donors (Lipinski definition) is 1. The van der Waals surface area contributed by atoms with E-state index < -0.39 is 0 Å². The molecule has 1 nitrogen and oxygen atoms in total. The molecule has 0 radical (unpaired) electrons. The highest BCUT2D eigenvalue weighted by Crippen LogP contribution is 2.18. The maximum absolute atomic E-state index is 5.18. The minimum atomic E-state index is 1.01. The van der Waals surface area contributed by atoms with Gasteiger partial charge in [-0.25, -0.2) is 0 Å². The highest BCUT2D eigenvalue weighted by molar-refractivity contribution is 8.01. The van der Waals surface area contributed by atoms with Crippen LogP contribution in [0.15, 0.2) is 0 Å². The third kappa shape index (κ3) is 4.06. The predicted molar refractivity (Wildman–Crippen MR) is 39.7 cm³/mol. The Hall–Kier alpha value is -0.110. The van der Waals surface area contributed by atoms with Gasteiger partial charge in [0.15, 0.2) is 5.25 Å². The van der Waals surface area contributed by atoms with Crippen LogP contribution >= 0.6 is 11.8 Å². The molecule has 0 saturated carbocycles. The molecule has 2 N–H and O–H groups in total. The van der Waals surface area contributed by atoms with Crippen molar-refractivity contribution in [2.24, 2.45) is 0 Å². The molecule has 0 aliphatic rings. The second kappa shape index (κ2) is 5.04. The second-order valence-corrected chi connectivity index (χ2v) is 2.79. The average Bonchev–Trinajstić information content (AvgIpc) is 1.83. The zero-order valence-electron chi connectivity index (χ0n) is 5.48. The van der Waals surface area contributed by atoms with Crippen LogP contribution in [0.3, 0.4) is 0 Å². The van der Waals surface area contributed by atoms with Crippen molar-refractivity contribution in [2.75, 3.05) is 6.26 Å². The highest BCUT2D eigenvalue weighted by Gasteiger charge is 2.09. The molecular weight excluding hydrogens is 118 g/mol. The molecule has 0 rings (SSSR count). The largest absolute Gasteiger partial charge is 0.264 e. The van der Waals surface area contributed by atoms with Crippen molar-refractivity contribution >= 4 is 18.0 Å². The van der Waals surface area contributed by atoms with Crippen LogP contribution in [-0.2, 0) is 0 Å².